The van der Waals surface area contributed by atoms with Crippen LogP contribution in [0.15, 0.2) is 54.1 Å². The van der Waals surface area contributed by atoms with Crippen molar-refractivity contribution in [2.24, 2.45) is 0 Å². The molecule has 1 aromatic heterocycles. The molecule has 0 aliphatic rings. The van der Waals surface area contributed by atoms with Gasteiger partial charge in [0.2, 0.25) is 0 Å². The molecule has 37 heavy (non-hydrogen) atoms. The molecule has 0 bridgehead atoms. The second-order valence-electron chi connectivity index (χ2n) is 9.56. The number of aliphatic hydroxyl groups excluding tert-OH is 1. The van der Waals surface area contributed by atoms with Crippen LogP contribution in [-0.2, 0) is 27.2 Å². The SMILES string of the molecule is CCOC(=O)Cc1ccc(C)cc1O/C(C)=C/C(=C(/O)CC)c1ccnc(CNC(=O)OC(C)(C)C)c1. The van der Waals surface area contributed by atoms with Crippen LogP contribution in [0.3, 0.4) is 0 Å². The fourth-order valence-corrected chi connectivity index (χ4v) is 3.42. The number of aliphatic hydroxyl groups is 1. The molecular formula is C29H38N2O6. The number of allylic oxidation sites excluding steroid dienone is 4. The molecule has 0 unspecified atom stereocenters. The predicted molar refractivity (Wildman–Crippen MR) is 143 cm³/mol. The number of esters is 1. The Kier molecular flexibility index (Phi) is 10.7. The lowest BCUT2D eigenvalue weighted by molar-refractivity contribution is -0.142. The van der Waals surface area contributed by atoms with Crippen LogP contribution in [0.4, 0.5) is 4.79 Å². The maximum atomic E-state index is 12.0. The van der Waals surface area contributed by atoms with E-state index in [2.05, 4.69) is 10.3 Å². The number of aromatic nitrogens is 1. The van der Waals surface area contributed by atoms with Crippen LogP contribution in [0.25, 0.3) is 5.57 Å². The molecule has 0 fully saturated rings. The fraction of sp³-hybridized carbons (Fsp3) is 0.414. The van der Waals surface area contributed by atoms with Gasteiger partial charge in [-0.3, -0.25) is 9.78 Å². The maximum Gasteiger partial charge on any atom is 0.407 e. The number of benzene rings is 1. The molecule has 0 aliphatic heterocycles. The highest BCUT2D eigenvalue weighted by molar-refractivity contribution is 5.76. The van der Waals surface area contributed by atoms with Crippen LogP contribution in [0.5, 0.6) is 5.75 Å². The first-order valence-electron chi connectivity index (χ1n) is 12.4. The number of rotatable bonds is 10. The molecule has 0 aliphatic carbocycles. The molecule has 1 aromatic carbocycles. The highest BCUT2D eigenvalue weighted by Crippen LogP contribution is 2.27. The number of carbonyl (C=O) groups is 2. The van der Waals surface area contributed by atoms with Gasteiger partial charge in [0, 0.05) is 23.8 Å². The first-order valence-corrected chi connectivity index (χ1v) is 12.4. The van der Waals surface area contributed by atoms with Crippen molar-refractivity contribution in [1.82, 2.24) is 10.3 Å². The summed E-state index contributed by atoms with van der Waals surface area (Å²) in [5.41, 5.74) is 2.99. The first kappa shape index (κ1) is 29.4. The monoisotopic (exact) mass is 510 g/mol. The summed E-state index contributed by atoms with van der Waals surface area (Å²) in [6.07, 6.45) is 3.33. The number of amides is 1. The quantitative estimate of drug-likeness (QED) is 0.223. The zero-order valence-electron chi connectivity index (χ0n) is 22.8. The smallest absolute Gasteiger partial charge is 0.407 e. The average Bonchev–Trinajstić information content (AvgIpc) is 2.82. The van der Waals surface area contributed by atoms with Crippen molar-refractivity contribution in [3.05, 3.63) is 76.5 Å². The van der Waals surface area contributed by atoms with Gasteiger partial charge in [0.05, 0.1) is 31.0 Å². The largest absolute Gasteiger partial charge is 0.512 e. The van der Waals surface area contributed by atoms with Gasteiger partial charge in [-0.2, -0.15) is 0 Å². The summed E-state index contributed by atoms with van der Waals surface area (Å²) in [7, 11) is 0. The van der Waals surface area contributed by atoms with Crippen LogP contribution in [0, 0.1) is 6.92 Å². The van der Waals surface area contributed by atoms with E-state index < -0.39 is 11.7 Å². The highest BCUT2D eigenvalue weighted by atomic mass is 16.6. The summed E-state index contributed by atoms with van der Waals surface area (Å²) >= 11 is 0. The van der Waals surface area contributed by atoms with E-state index in [1.165, 1.54) is 0 Å². The van der Waals surface area contributed by atoms with Crippen LogP contribution in [-0.4, -0.2) is 34.4 Å². The Labute approximate surface area is 219 Å². The Balaban J connectivity index is 2.29. The van der Waals surface area contributed by atoms with Gasteiger partial charge in [-0.15, -0.1) is 0 Å². The molecule has 0 atom stereocenters. The number of ether oxygens (including phenoxy) is 3. The van der Waals surface area contributed by atoms with E-state index in [0.717, 1.165) is 5.56 Å². The number of nitrogens with zero attached hydrogens (tertiary/aromatic N) is 1. The molecule has 0 saturated heterocycles. The molecule has 2 N–H and O–H groups in total. The molecule has 200 valence electrons. The molecule has 8 heteroatoms. The standard InChI is InChI=1S/C29H38N2O6/c1-8-25(32)24(21-12-13-30-23(16-21)18-31-28(34)37-29(5,6)7)15-20(4)36-26-14-19(3)10-11-22(26)17-27(33)35-9-2/h10-16,32H,8-9,17-18H2,1-7H3,(H,31,34)/b20-15+,25-24-. The van der Waals surface area contributed by atoms with E-state index in [1.807, 2.05) is 32.0 Å². The average molecular weight is 511 g/mol. The Morgan fingerprint density at radius 3 is 2.51 bits per heavy atom. The first-order chi connectivity index (χ1) is 17.4. The van der Waals surface area contributed by atoms with Crippen molar-refractivity contribution in [2.75, 3.05) is 6.61 Å². The van der Waals surface area contributed by atoms with Crippen LogP contribution in [0.1, 0.15) is 70.3 Å². The second kappa shape index (κ2) is 13.5. The van der Waals surface area contributed by atoms with Crippen molar-refractivity contribution in [2.45, 2.75) is 73.5 Å². The summed E-state index contributed by atoms with van der Waals surface area (Å²) in [6, 6.07) is 9.20. The normalized spacial score (nSPS) is 12.5. The van der Waals surface area contributed by atoms with Gasteiger partial charge in [-0.25, -0.2) is 4.79 Å². The molecule has 2 rings (SSSR count). The van der Waals surface area contributed by atoms with Crippen molar-refractivity contribution in [1.29, 1.82) is 0 Å². The van der Waals surface area contributed by atoms with Crippen molar-refractivity contribution >= 4 is 17.6 Å². The molecule has 0 saturated carbocycles. The fourth-order valence-electron chi connectivity index (χ4n) is 3.42. The van der Waals surface area contributed by atoms with Gasteiger partial charge in [0.25, 0.3) is 0 Å². The maximum absolute atomic E-state index is 12.0. The Bertz CT molecular complexity index is 1160. The summed E-state index contributed by atoms with van der Waals surface area (Å²) in [5, 5.41) is 13.4. The highest BCUT2D eigenvalue weighted by Gasteiger charge is 2.16. The third-order valence-corrected chi connectivity index (χ3v) is 5.07. The summed E-state index contributed by atoms with van der Waals surface area (Å²) < 4.78 is 16.5. The molecule has 1 amide bonds. The van der Waals surface area contributed by atoms with Crippen molar-refractivity contribution in [3.8, 4) is 5.75 Å². The minimum Gasteiger partial charge on any atom is -0.512 e. The van der Waals surface area contributed by atoms with Gasteiger partial charge in [-0.1, -0.05) is 19.1 Å². The second-order valence-corrected chi connectivity index (χ2v) is 9.56. The lowest BCUT2D eigenvalue weighted by atomic mass is 10.0. The predicted octanol–water partition coefficient (Wildman–Crippen LogP) is 6.18. The zero-order chi connectivity index (χ0) is 27.6. The Morgan fingerprint density at radius 2 is 1.86 bits per heavy atom. The van der Waals surface area contributed by atoms with Crippen LogP contribution >= 0.6 is 0 Å². The van der Waals surface area contributed by atoms with E-state index in [4.69, 9.17) is 14.2 Å². The van der Waals surface area contributed by atoms with E-state index in [-0.39, 0.29) is 24.7 Å². The number of nitrogens with one attached hydrogen (secondary N) is 1. The van der Waals surface area contributed by atoms with Crippen LogP contribution < -0.4 is 10.1 Å². The number of pyridine rings is 1. The number of carbonyl (C=O) groups excluding carboxylic acids is 2. The molecule has 0 radical (unpaired) electrons. The molecule has 2 aromatic rings. The zero-order valence-corrected chi connectivity index (χ0v) is 22.8. The molecule has 8 nitrogen and oxygen atoms in total. The number of alkyl carbamates (subject to hydrolysis) is 1. The van der Waals surface area contributed by atoms with Crippen LogP contribution in [0.2, 0.25) is 0 Å². The Morgan fingerprint density at radius 1 is 1.14 bits per heavy atom. The van der Waals surface area contributed by atoms with Gasteiger partial charge in [-0.05, 0) is 76.9 Å². The lowest BCUT2D eigenvalue weighted by Gasteiger charge is -2.19. The third-order valence-electron chi connectivity index (χ3n) is 5.07. The lowest BCUT2D eigenvalue weighted by Crippen LogP contribution is -2.32. The van der Waals surface area contributed by atoms with E-state index in [0.29, 0.717) is 46.9 Å². The number of hydrogen-bond acceptors (Lipinski definition) is 7. The van der Waals surface area contributed by atoms with Crippen molar-refractivity contribution in [3.63, 3.8) is 0 Å². The van der Waals surface area contributed by atoms with Gasteiger partial charge in [0.15, 0.2) is 0 Å². The van der Waals surface area contributed by atoms with E-state index in [9.17, 15) is 14.7 Å². The summed E-state index contributed by atoms with van der Waals surface area (Å²) in [6.45, 7) is 13.2. The molecule has 1 heterocycles. The molecular weight excluding hydrogens is 472 g/mol. The summed E-state index contributed by atoms with van der Waals surface area (Å²) in [4.78, 5) is 28.4. The summed E-state index contributed by atoms with van der Waals surface area (Å²) in [5.74, 6) is 0.924. The topological polar surface area (TPSA) is 107 Å². The number of hydrogen-bond donors (Lipinski definition) is 2. The van der Waals surface area contributed by atoms with Gasteiger partial charge < -0.3 is 24.6 Å². The van der Waals surface area contributed by atoms with E-state index >= 15 is 0 Å². The minimum absolute atomic E-state index is 0.0952. The van der Waals surface area contributed by atoms with Gasteiger partial charge in [0.1, 0.15) is 17.1 Å². The van der Waals surface area contributed by atoms with E-state index in [1.54, 1.807) is 59.0 Å². The van der Waals surface area contributed by atoms with Crippen molar-refractivity contribution < 1.29 is 28.9 Å². The Hall–Kier alpha value is -3.81. The minimum atomic E-state index is -0.599. The number of aryl methyl sites for hydroxylation is 1. The third kappa shape index (κ3) is 9.99. The molecule has 0 spiro atoms. The van der Waals surface area contributed by atoms with Gasteiger partial charge >= 0.3 is 12.1 Å².